The van der Waals surface area contributed by atoms with Crippen LogP contribution in [0.4, 0.5) is 0 Å². The number of aliphatic carboxylic acids is 1. The number of unbranched alkanes of at least 4 members (excludes halogenated alkanes) is 1. The molecule has 2 atom stereocenters. The number of carbonyl (C=O) groups excluding carboxylic acids is 1. The summed E-state index contributed by atoms with van der Waals surface area (Å²) in [4.78, 5) is 26.6. The molecule has 0 aromatic heterocycles. The molecule has 6 heteroatoms. The fourth-order valence-electron chi connectivity index (χ4n) is 2.27. The van der Waals surface area contributed by atoms with E-state index >= 15 is 0 Å². The van der Waals surface area contributed by atoms with E-state index in [0.29, 0.717) is 26.2 Å². The van der Waals surface area contributed by atoms with E-state index in [4.69, 9.17) is 10.8 Å². The smallest absolute Gasteiger partial charge is 0.320 e. The third-order valence-electron chi connectivity index (χ3n) is 3.72. The van der Waals surface area contributed by atoms with Crippen LogP contribution in [0.25, 0.3) is 0 Å². The molecule has 1 amide bonds. The minimum atomic E-state index is -0.820. The van der Waals surface area contributed by atoms with Crippen molar-refractivity contribution in [2.75, 3.05) is 26.2 Å². The summed E-state index contributed by atoms with van der Waals surface area (Å²) in [5, 5.41) is 8.95. The van der Waals surface area contributed by atoms with E-state index < -0.39 is 18.1 Å². The van der Waals surface area contributed by atoms with Crippen LogP contribution in [0.3, 0.4) is 0 Å². The first-order chi connectivity index (χ1) is 8.97. The van der Waals surface area contributed by atoms with Crippen LogP contribution in [0.15, 0.2) is 0 Å². The molecule has 0 aromatic carbocycles. The Labute approximate surface area is 114 Å². The first kappa shape index (κ1) is 15.9. The molecule has 0 aromatic rings. The lowest BCUT2D eigenvalue weighted by Crippen LogP contribution is -2.55. The quantitative estimate of drug-likeness (QED) is 0.716. The fourth-order valence-corrected chi connectivity index (χ4v) is 2.27. The van der Waals surface area contributed by atoms with E-state index in [2.05, 4.69) is 6.92 Å². The standard InChI is InChI=1S/C13H25N3O3/c1-3-4-5-11(14)12(17)16-8-6-15(7-9-16)10(2)13(18)19/h10-11H,3-9,14H2,1-2H3,(H,18,19). The predicted molar refractivity (Wildman–Crippen MR) is 72.8 cm³/mol. The van der Waals surface area contributed by atoms with Crippen molar-refractivity contribution in [3.05, 3.63) is 0 Å². The van der Waals surface area contributed by atoms with E-state index in [9.17, 15) is 9.59 Å². The van der Waals surface area contributed by atoms with Gasteiger partial charge < -0.3 is 15.7 Å². The summed E-state index contributed by atoms with van der Waals surface area (Å²) in [6, 6.07) is -0.908. The van der Waals surface area contributed by atoms with E-state index in [1.807, 2.05) is 4.90 Å². The number of nitrogens with two attached hydrogens (primary N) is 1. The second-order valence-corrected chi connectivity index (χ2v) is 5.12. The van der Waals surface area contributed by atoms with Crippen molar-refractivity contribution in [3.8, 4) is 0 Å². The summed E-state index contributed by atoms with van der Waals surface area (Å²) < 4.78 is 0. The van der Waals surface area contributed by atoms with Gasteiger partial charge in [-0.3, -0.25) is 14.5 Å². The zero-order valence-corrected chi connectivity index (χ0v) is 11.8. The maximum atomic E-state index is 12.1. The van der Waals surface area contributed by atoms with Gasteiger partial charge >= 0.3 is 5.97 Å². The van der Waals surface area contributed by atoms with Gasteiger partial charge in [0.15, 0.2) is 0 Å². The van der Waals surface area contributed by atoms with Gasteiger partial charge in [0.2, 0.25) is 5.91 Å². The Morgan fingerprint density at radius 2 is 1.84 bits per heavy atom. The molecule has 0 saturated carbocycles. The van der Waals surface area contributed by atoms with Crippen LogP contribution in [0.5, 0.6) is 0 Å². The van der Waals surface area contributed by atoms with Crippen LogP contribution < -0.4 is 5.73 Å². The number of amides is 1. The topological polar surface area (TPSA) is 86.9 Å². The molecule has 1 fully saturated rings. The Balaban J connectivity index is 2.40. The van der Waals surface area contributed by atoms with Gasteiger partial charge in [0.1, 0.15) is 6.04 Å². The minimum Gasteiger partial charge on any atom is -0.480 e. The second-order valence-electron chi connectivity index (χ2n) is 5.12. The Kier molecular flexibility index (Phi) is 6.24. The van der Waals surface area contributed by atoms with Crippen molar-refractivity contribution < 1.29 is 14.7 Å². The number of carboxylic acid groups (broad SMARTS) is 1. The number of nitrogens with zero attached hydrogens (tertiary/aromatic N) is 2. The van der Waals surface area contributed by atoms with Gasteiger partial charge in [0, 0.05) is 26.2 Å². The summed E-state index contributed by atoms with van der Waals surface area (Å²) in [5.41, 5.74) is 5.88. The molecule has 0 spiro atoms. The van der Waals surface area contributed by atoms with Crippen molar-refractivity contribution in [2.24, 2.45) is 5.73 Å². The Bertz CT molecular complexity index is 314. The molecule has 6 nitrogen and oxygen atoms in total. The number of piperazine rings is 1. The highest BCUT2D eigenvalue weighted by atomic mass is 16.4. The third kappa shape index (κ3) is 4.47. The van der Waals surface area contributed by atoms with Crippen LogP contribution in [-0.4, -0.2) is 65.0 Å². The Morgan fingerprint density at radius 1 is 1.26 bits per heavy atom. The van der Waals surface area contributed by atoms with Crippen LogP contribution in [0.1, 0.15) is 33.1 Å². The lowest BCUT2D eigenvalue weighted by molar-refractivity contribution is -0.144. The van der Waals surface area contributed by atoms with E-state index in [-0.39, 0.29) is 5.91 Å². The summed E-state index contributed by atoms with van der Waals surface area (Å²) >= 11 is 0. The van der Waals surface area contributed by atoms with Gasteiger partial charge in [0.05, 0.1) is 6.04 Å². The van der Waals surface area contributed by atoms with Gasteiger partial charge in [-0.25, -0.2) is 0 Å². The van der Waals surface area contributed by atoms with Crippen molar-refractivity contribution in [3.63, 3.8) is 0 Å². The van der Waals surface area contributed by atoms with E-state index in [0.717, 1.165) is 19.3 Å². The highest BCUT2D eigenvalue weighted by Crippen LogP contribution is 2.09. The first-order valence-electron chi connectivity index (χ1n) is 6.98. The van der Waals surface area contributed by atoms with Crippen molar-refractivity contribution in [1.29, 1.82) is 0 Å². The molecule has 0 radical (unpaired) electrons. The van der Waals surface area contributed by atoms with Crippen LogP contribution in [-0.2, 0) is 9.59 Å². The summed E-state index contributed by atoms with van der Waals surface area (Å²) in [7, 11) is 0. The summed E-state index contributed by atoms with van der Waals surface area (Å²) in [5.74, 6) is -0.824. The molecule has 1 aliphatic rings. The first-order valence-corrected chi connectivity index (χ1v) is 6.98. The molecule has 1 heterocycles. The van der Waals surface area contributed by atoms with Crippen molar-refractivity contribution >= 4 is 11.9 Å². The number of hydrogen-bond acceptors (Lipinski definition) is 4. The van der Waals surface area contributed by atoms with Crippen LogP contribution in [0, 0.1) is 0 Å². The Morgan fingerprint density at radius 3 is 2.32 bits per heavy atom. The zero-order chi connectivity index (χ0) is 14.4. The van der Waals surface area contributed by atoms with Gasteiger partial charge in [0.25, 0.3) is 0 Å². The average molecular weight is 271 g/mol. The monoisotopic (exact) mass is 271 g/mol. The molecule has 110 valence electrons. The SMILES string of the molecule is CCCCC(N)C(=O)N1CCN(C(C)C(=O)O)CC1. The highest BCUT2D eigenvalue weighted by Gasteiger charge is 2.28. The zero-order valence-electron chi connectivity index (χ0n) is 11.8. The molecule has 19 heavy (non-hydrogen) atoms. The van der Waals surface area contributed by atoms with Gasteiger partial charge in [-0.05, 0) is 13.3 Å². The van der Waals surface area contributed by atoms with Crippen molar-refractivity contribution in [2.45, 2.75) is 45.2 Å². The van der Waals surface area contributed by atoms with Crippen molar-refractivity contribution in [1.82, 2.24) is 9.80 Å². The van der Waals surface area contributed by atoms with Gasteiger partial charge in [-0.2, -0.15) is 0 Å². The van der Waals surface area contributed by atoms with E-state index in [1.54, 1.807) is 11.8 Å². The molecule has 0 aliphatic carbocycles. The van der Waals surface area contributed by atoms with Gasteiger partial charge in [-0.15, -0.1) is 0 Å². The lowest BCUT2D eigenvalue weighted by atomic mass is 10.1. The molecular formula is C13H25N3O3. The number of rotatable bonds is 6. The molecule has 0 bridgehead atoms. The van der Waals surface area contributed by atoms with Crippen LogP contribution >= 0.6 is 0 Å². The number of carbonyl (C=O) groups is 2. The summed E-state index contributed by atoms with van der Waals surface area (Å²) in [6.07, 6.45) is 2.72. The molecule has 3 N–H and O–H groups in total. The van der Waals surface area contributed by atoms with Crippen LogP contribution in [0.2, 0.25) is 0 Å². The third-order valence-corrected chi connectivity index (χ3v) is 3.72. The second kappa shape index (κ2) is 7.45. The normalized spacial score (nSPS) is 20.1. The largest absolute Gasteiger partial charge is 0.480 e. The molecule has 2 unspecified atom stereocenters. The number of hydrogen-bond donors (Lipinski definition) is 2. The van der Waals surface area contributed by atoms with E-state index in [1.165, 1.54) is 0 Å². The maximum absolute atomic E-state index is 12.1. The highest BCUT2D eigenvalue weighted by molar-refractivity contribution is 5.81. The predicted octanol–water partition coefficient (Wildman–Crippen LogP) is 0.121. The molecule has 1 saturated heterocycles. The van der Waals surface area contributed by atoms with Gasteiger partial charge in [-0.1, -0.05) is 19.8 Å². The average Bonchev–Trinajstić information content (AvgIpc) is 2.43. The number of carboxylic acids is 1. The Hall–Kier alpha value is -1.14. The molecule has 1 rings (SSSR count). The minimum absolute atomic E-state index is 0.00363. The lowest BCUT2D eigenvalue weighted by Gasteiger charge is -2.37. The fraction of sp³-hybridized carbons (Fsp3) is 0.846. The summed E-state index contributed by atoms with van der Waals surface area (Å²) in [6.45, 7) is 6.07. The molecule has 1 aliphatic heterocycles. The molecular weight excluding hydrogens is 246 g/mol. The maximum Gasteiger partial charge on any atom is 0.320 e.